The maximum absolute atomic E-state index is 11.8. The summed E-state index contributed by atoms with van der Waals surface area (Å²) in [6, 6.07) is 0.550. The smallest absolute Gasteiger partial charge is 0.305 e. The minimum atomic E-state index is -0.135. The number of fused-ring (bicyclic) bond motifs is 5. The fourth-order valence-electron chi connectivity index (χ4n) is 9.88. The molecule has 4 aliphatic rings. The lowest BCUT2D eigenvalue weighted by atomic mass is 9.43. The Bertz CT molecular complexity index is 743. The van der Waals surface area contributed by atoms with Crippen molar-refractivity contribution in [3.8, 4) is 0 Å². The van der Waals surface area contributed by atoms with Crippen molar-refractivity contribution in [1.29, 1.82) is 0 Å². The van der Waals surface area contributed by atoms with Crippen LogP contribution >= 0.6 is 0 Å². The van der Waals surface area contributed by atoms with Crippen molar-refractivity contribution in [2.24, 2.45) is 52.3 Å². The molecule has 0 aromatic rings. The highest BCUT2D eigenvalue weighted by atomic mass is 16.5. The zero-order chi connectivity index (χ0) is 26.1. The van der Waals surface area contributed by atoms with Gasteiger partial charge in [-0.25, -0.2) is 0 Å². The summed E-state index contributed by atoms with van der Waals surface area (Å²) in [4.78, 5) is 11.8. The number of aliphatic hydroxyl groups excluding tert-OH is 1. The second-order valence-corrected chi connectivity index (χ2v) is 14.1. The van der Waals surface area contributed by atoms with Gasteiger partial charge in [-0.05, 0) is 117 Å². The second-order valence-electron chi connectivity index (χ2n) is 14.1. The highest BCUT2D eigenvalue weighted by Gasteiger charge is 2.62. The van der Waals surface area contributed by atoms with Gasteiger partial charge in [-0.2, -0.15) is 0 Å². The number of methoxy groups -OCH3 is 1. The number of hydrogen-bond acceptors (Lipinski definition) is 5. The van der Waals surface area contributed by atoms with Gasteiger partial charge in [0.1, 0.15) is 0 Å². The predicted octanol–water partition coefficient (Wildman–Crippen LogP) is 5.41. The summed E-state index contributed by atoms with van der Waals surface area (Å²) in [7, 11) is 1.49. The van der Waals surface area contributed by atoms with Crippen molar-refractivity contribution in [1.82, 2.24) is 10.6 Å². The van der Waals surface area contributed by atoms with Crippen molar-refractivity contribution >= 4 is 5.97 Å². The molecule has 4 unspecified atom stereocenters. The quantitative estimate of drug-likeness (QED) is 0.274. The first-order valence-electron chi connectivity index (χ1n) is 15.3. The van der Waals surface area contributed by atoms with E-state index in [-0.39, 0.29) is 12.1 Å². The molecule has 4 saturated carbocycles. The summed E-state index contributed by atoms with van der Waals surface area (Å²) >= 11 is 0. The Morgan fingerprint density at radius 2 is 1.72 bits per heavy atom. The van der Waals surface area contributed by atoms with Crippen molar-refractivity contribution in [3.63, 3.8) is 0 Å². The maximum atomic E-state index is 11.8. The number of carbonyl (C=O) groups excluding carboxylic acids is 1. The Balaban J connectivity index is 1.37. The summed E-state index contributed by atoms with van der Waals surface area (Å²) in [5.41, 5.74) is 0.710. The Morgan fingerprint density at radius 3 is 2.44 bits per heavy atom. The second kappa shape index (κ2) is 11.6. The molecule has 0 spiro atoms. The van der Waals surface area contributed by atoms with Gasteiger partial charge >= 0.3 is 5.97 Å². The largest absolute Gasteiger partial charge is 0.469 e. The summed E-state index contributed by atoms with van der Waals surface area (Å²) in [6.07, 6.45) is 11.4. The molecule has 4 fully saturated rings. The first kappa shape index (κ1) is 28.4. The normalized spacial score (nSPS) is 42.9. The molecule has 0 saturated heterocycles. The van der Waals surface area contributed by atoms with Crippen LogP contribution in [0.3, 0.4) is 0 Å². The van der Waals surface area contributed by atoms with Crippen LogP contribution in [0.4, 0.5) is 0 Å². The number of esters is 1. The first-order chi connectivity index (χ1) is 17.1. The molecule has 0 amide bonds. The number of hydrogen-bond donors (Lipinski definition) is 3. The number of ether oxygens (including phenoxy) is 1. The molecule has 0 aromatic heterocycles. The maximum Gasteiger partial charge on any atom is 0.305 e. The van der Waals surface area contributed by atoms with E-state index in [0.717, 1.165) is 38.4 Å². The molecule has 0 heterocycles. The van der Waals surface area contributed by atoms with E-state index in [0.29, 0.717) is 58.8 Å². The molecule has 3 N–H and O–H groups in total. The molecule has 5 heteroatoms. The Labute approximate surface area is 221 Å². The van der Waals surface area contributed by atoms with E-state index >= 15 is 0 Å². The Kier molecular flexibility index (Phi) is 9.15. The molecular weight excluding hydrogens is 448 g/mol. The van der Waals surface area contributed by atoms with Gasteiger partial charge in [-0.1, -0.05) is 34.6 Å². The van der Waals surface area contributed by atoms with Crippen LogP contribution in [0.15, 0.2) is 0 Å². The van der Waals surface area contributed by atoms with Gasteiger partial charge < -0.3 is 20.5 Å². The topological polar surface area (TPSA) is 70.6 Å². The lowest BCUT2D eigenvalue weighted by molar-refractivity contribution is -0.169. The van der Waals surface area contributed by atoms with Gasteiger partial charge in [0.05, 0.1) is 13.2 Å². The van der Waals surface area contributed by atoms with E-state index in [1.165, 1.54) is 52.1 Å². The van der Waals surface area contributed by atoms with Crippen molar-refractivity contribution in [2.75, 3.05) is 26.7 Å². The van der Waals surface area contributed by atoms with Crippen LogP contribution in [0.25, 0.3) is 0 Å². The highest BCUT2D eigenvalue weighted by Crippen LogP contribution is 2.68. The van der Waals surface area contributed by atoms with Gasteiger partial charge in [-0.15, -0.1) is 0 Å². The zero-order valence-corrected chi connectivity index (χ0v) is 24.2. The average molecular weight is 505 g/mol. The van der Waals surface area contributed by atoms with Crippen LogP contribution in [0.1, 0.15) is 98.8 Å². The van der Waals surface area contributed by atoms with Gasteiger partial charge in [0, 0.05) is 25.6 Å². The van der Waals surface area contributed by atoms with Gasteiger partial charge in [-0.3, -0.25) is 4.79 Å². The standard InChI is InChI=1S/C31H56N2O3/c1-20(2)33-16-15-32-19-22-11-13-30(4)23(17-22)18-27(34)29-25-9-8-24(21(3)7-10-28(35)36-6)31(25,5)14-12-26(29)30/h20-27,29,32-34H,7-19H2,1-6H3/t21-,22?,23+,24-,25?,26?,27-,29?,30+,31-/m1/s1. The summed E-state index contributed by atoms with van der Waals surface area (Å²) in [5.74, 6) is 4.34. The van der Waals surface area contributed by atoms with E-state index in [2.05, 4.69) is 45.3 Å². The fraction of sp³-hybridized carbons (Fsp3) is 0.968. The third kappa shape index (κ3) is 5.54. The van der Waals surface area contributed by atoms with Crippen LogP contribution in [0, 0.1) is 52.3 Å². The van der Waals surface area contributed by atoms with Crippen LogP contribution in [0.5, 0.6) is 0 Å². The van der Waals surface area contributed by atoms with Crippen LogP contribution in [0.2, 0.25) is 0 Å². The number of nitrogens with one attached hydrogen (secondary N) is 2. The predicted molar refractivity (Wildman–Crippen MR) is 147 cm³/mol. The molecule has 0 aliphatic heterocycles. The molecule has 5 nitrogen and oxygen atoms in total. The average Bonchev–Trinajstić information content (AvgIpc) is 3.19. The van der Waals surface area contributed by atoms with Crippen molar-refractivity contribution < 1.29 is 14.6 Å². The summed E-state index contributed by atoms with van der Waals surface area (Å²) in [6.45, 7) is 15.1. The summed E-state index contributed by atoms with van der Waals surface area (Å²) in [5, 5.41) is 18.9. The molecular formula is C31H56N2O3. The molecule has 0 bridgehead atoms. The lowest BCUT2D eigenvalue weighted by Gasteiger charge is -2.62. The highest BCUT2D eigenvalue weighted by molar-refractivity contribution is 5.69. The van der Waals surface area contributed by atoms with E-state index < -0.39 is 0 Å². The van der Waals surface area contributed by atoms with Crippen LogP contribution < -0.4 is 10.6 Å². The molecule has 36 heavy (non-hydrogen) atoms. The third-order valence-corrected chi connectivity index (χ3v) is 11.9. The molecule has 10 atom stereocenters. The molecule has 0 radical (unpaired) electrons. The Morgan fingerprint density at radius 1 is 1.00 bits per heavy atom. The monoisotopic (exact) mass is 504 g/mol. The van der Waals surface area contributed by atoms with Gasteiger partial charge in [0.25, 0.3) is 0 Å². The van der Waals surface area contributed by atoms with E-state index in [1.54, 1.807) is 0 Å². The van der Waals surface area contributed by atoms with E-state index in [1.807, 2.05) is 0 Å². The zero-order valence-electron chi connectivity index (χ0n) is 24.2. The minimum Gasteiger partial charge on any atom is -0.469 e. The van der Waals surface area contributed by atoms with Crippen molar-refractivity contribution in [2.45, 2.75) is 111 Å². The first-order valence-corrected chi connectivity index (χ1v) is 15.3. The number of carbonyl (C=O) groups is 1. The molecule has 0 aromatic carbocycles. The lowest BCUT2D eigenvalue weighted by Crippen LogP contribution is -2.58. The van der Waals surface area contributed by atoms with Crippen molar-refractivity contribution in [3.05, 3.63) is 0 Å². The molecule has 208 valence electrons. The van der Waals surface area contributed by atoms with Crippen LogP contribution in [-0.2, 0) is 9.53 Å². The fourth-order valence-corrected chi connectivity index (χ4v) is 9.88. The van der Waals surface area contributed by atoms with E-state index in [4.69, 9.17) is 4.74 Å². The van der Waals surface area contributed by atoms with Gasteiger partial charge in [0.2, 0.25) is 0 Å². The third-order valence-electron chi connectivity index (χ3n) is 11.9. The molecule has 4 rings (SSSR count). The molecule has 4 aliphatic carbocycles. The SMILES string of the molecule is COC(=O)CC[C@@H](C)[C@H]1CCC2C3C(CC[C@@]21C)[C@@]1(C)CCC(CNCCNC(C)C)C[C@H]1C[C@H]3O. The number of aliphatic hydroxyl groups is 1. The Hall–Kier alpha value is -0.650. The summed E-state index contributed by atoms with van der Waals surface area (Å²) < 4.78 is 4.91. The number of rotatable bonds is 10. The van der Waals surface area contributed by atoms with Gasteiger partial charge in [0.15, 0.2) is 0 Å². The van der Waals surface area contributed by atoms with Crippen LogP contribution in [-0.4, -0.2) is 50.0 Å². The van der Waals surface area contributed by atoms with E-state index in [9.17, 15) is 9.90 Å². The minimum absolute atomic E-state index is 0.0787.